The zero-order valence-electron chi connectivity index (χ0n) is 22.1. The van der Waals surface area contributed by atoms with Crippen molar-refractivity contribution >= 4 is 5.97 Å². The van der Waals surface area contributed by atoms with Gasteiger partial charge < -0.3 is 15.2 Å². The van der Waals surface area contributed by atoms with Crippen LogP contribution in [0.15, 0.2) is 12.2 Å². The monoisotopic (exact) mass is 462 g/mol. The first-order valence-electron chi connectivity index (χ1n) is 14.8. The highest BCUT2D eigenvalue weighted by molar-refractivity contribution is 5.64. The van der Waals surface area contributed by atoms with E-state index in [2.05, 4.69) is 24.4 Å². The molecular formula is C30H56NO2-. The molecule has 0 spiro atoms. The Morgan fingerprint density at radius 1 is 0.667 bits per heavy atom. The van der Waals surface area contributed by atoms with Gasteiger partial charge in [-0.1, -0.05) is 109 Å². The van der Waals surface area contributed by atoms with E-state index in [4.69, 9.17) is 0 Å². The first-order chi connectivity index (χ1) is 16.2. The highest BCUT2D eigenvalue weighted by Crippen LogP contribution is 2.22. The molecule has 0 radical (unpaired) electrons. The second kappa shape index (κ2) is 22.9. The minimum atomic E-state index is -0.914. The second-order valence-electron chi connectivity index (χ2n) is 10.5. The third kappa shape index (κ3) is 20.3. The summed E-state index contributed by atoms with van der Waals surface area (Å²) >= 11 is 0. The third-order valence-electron chi connectivity index (χ3n) is 7.32. The summed E-state index contributed by atoms with van der Waals surface area (Å²) in [5.74, 6) is -0.914. The molecule has 0 aliphatic heterocycles. The van der Waals surface area contributed by atoms with Crippen LogP contribution in [0.5, 0.6) is 0 Å². The molecule has 3 heteroatoms. The Bertz CT molecular complexity index is 434. The van der Waals surface area contributed by atoms with Gasteiger partial charge in [-0.2, -0.15) is 0 Å². The highest BCUT2D eigenvalue weighted by Gasteiger charge is 2.19. The first-order valence-corrected chi connectivity index (χ1v) is 14.8. The maximum Gasteiger partial charge on any atom is 0.0414 e. The van der Waals surface area contributed by atoms with E-state index >= 15 is 0 Å². The zero-order valence-corrected chi connectivity index (χ0v) is 22.1. The molecule has 0 bridgehead atoms. The molecule has 0 aromatic carbocycles. The first kappa shape index (κ1) is 30.2. The van der Waals surface area contributed by atoms with Crippen LogP contribution in [-0.4, -0.2) is 18.1 Å². The molecule has 33 heavy (non-hydrogen) atoms. The van der Waals surface area contributed by atoms with Gasteiger partial charge >= 0.3 is 0 Å². The summed E-state index contributed by atoms with van der Waals surface area (Å²) in [5.41, 5.74) is 0. The van der Waals surface area contributed by atoms with Crippen LogP contribution < -0.4 is 10.4 Å². The fourth-order valence-corrected chi connectivity index (χ4v) is 5.21. The van der Waals surface area contributed by atoms with Crippen LogP contribution in [0.4, 0.5) is 0 Å². The topological polar surface area (TPSA) is 52.2 Å². The molecule has 0 aromatic heterocycles. The molecule has 0 amide bonds. The molecule has 2 fully saturated rings. The van der Waals surface area contributed by atoms with Crippen LogP contribution >= 0.6 is 0 Å². The molecule has 0 atom stereocenters. The largest absolute Gasteiger partial charge is 0.550 e. The maximum atomic E-state index is 10.2. The number of unbranched alkanes of at least 4 members (excludes halogenated alkanes) is 11. The Morgan fingerprint density at radius 2 is 1.09 bits per heavy atom. The fraction of sp³-hybridized carbons (Fsp3) is 0.900. The SMILES string of the molecule is C1CCC(NC2CCCCC2)CC1.CCCCCCCC/C=C/CCCCCCCC(=O)[O-]. The summed E-state index contributed by atoms with van der Waals surface area (Å²) in [7, 11) is 0. The van der Waals surface area contributed by atoms with Crippen LogP contribution in [0.25, 0.3) is 0 Å². The van der Waals surface area contributed by atoms with Crippen molar-refractivity contribution < 1.29 is 9.90 Å². The number of rotatable bonds is 17. The van der Waals surface area contributed by atoms with Crippen molar-refractivity contribution in [3.63, 3.8) is 0 Å². The second-order valence-corrected chi connectivity index (χ2v) is 10.5. The number of carboxylic acid groups (broad SMARTS) is 1. The molecule has 0 saturated heterocycles. The molecule has 2 aliphatic rings. The number of carboxylic acids is 1. The van der Waals surface area contributed by atoms with Gasteiger partial charge in [0.1, 0.15) is 0 Å². The van der Waals surface area contributed by atoms with Gasteiger partial charge in [0.15, 0.2) is 0 Å². The standard InChI is InChI=1S/C18H34O2.C12H23N/c1-2-3-4-5-6-7-8-9-10-11-12-13-14-15-16-17-18(19)20;1-3-7-11(8-4-1)13-12-9-5-2-6-10-12/h9-10H,2-8,11-17H2,1H3,(H,19,20);11-13H,1-10H2/p-1/b10-9+;. The summed E-state index contributed by atoms with van der Waals surface area (Å²) in [6, 6.07) is 1.74. The quantitative estimate of drug-likeness (QED) is 0.176. The summed E-state index contributed by atoms with van der Waals surface area (Å²) < 4.78 is 0. The summed E-state index contributed by atoms with van der Waals surface area (Å²) in [5, 5.41) is 14.1. The van der Waals surface area contributed by atoms with E-state index in [1.165, 1.54) is 128 Å². The number of hydrogen-bond acceptors (Lipinski definition) is 3. The highest BCUT2D eigenvalue weighted by atomic mass is 16.4. The van der Waals surface area contributed by atoms with Crippen molar-refractivity contribution in [3.8, 4) is 0 Å². The van der Waals surface area contributed by atoms with Gasteiger partial charge in [-0.25, -0.2) is 0 Å². The Hall–Kier alpha value is -0.830. The van der Waals surface area contributed by atoms with Crippen molar-refractivity contribution in [1.82, 2.24) is 5.32 Å². The number of carbonyl (C=O) groups excluding carboxylic acids is 1. The van der Waals surface area contributed by atoms with Gasteiger partial charge in [0, 0.05) is 18.1 Å². The van der Waals surface area contributed by atoms with Crippen LogP contribution in [0.1, 0.15) is 161 Å². The average Bonchev–Trinajstić information content (AvgIpc) is 2.83. The lowest BCUT2D eigenvalue weighted by molar-refractivity contribution is -0.305. The van der Waals surface area contributed by atoms with E-state index < -0.39 is 5.97 Å². The number of hydrogen-bond donors (Lipinski definition) is 1. The van der Waals surface area contributed by atoms with Crippen molar-refractivity contribution in [2.24, 2.45) is 0 Å². The zero-order chi connectivity index (χ0) is 23.8. The Kier molecular flexibility index (Phi) is 21.0. The lowest BCUT2D eigenvalue weighted by atomic mass is 9.91. The predicted octanol–water partition coefficient (Wildman–Crippen LogP) is 8.02. The van der Waals surface area contributed by atoms with Crippen molar-refractivity contribution in [1.29, 1.82) is 0 Å². The minimum Gasteiger partial charge on any atom is -0.550 e. The van der Waals surface area contributed by atoms with E-state index in [1.54, 1.807) is 0 Å². The third-order valence-corrected chi connectivity index (χ3v) is 7.32. The van der Waals surface area contributed by atoms with Crippen LogP contribution in [0.3, 0.4) is 0 Å². The number of allylic oxidation sites excluding steroid dienone is 2. The van der Waals surface area contributed by atoms with Gasteiger partial charge in [-0.05, 0) is 64.2 Å². The molecule has 2 rings (SSSR count). The van der Waals surface area contributed by atoms with Gasteiger partial charge in [0.05, 0.1) is 0 Å². The Balaban J connectivity index is 0.000000357. The molecule has 0 aromatic rings. The van der Waals surface area contributed by atoms with Crippen LogP contribution in [-0.2, 0) is 4.79 Å². The summed E-state index contributed by atoms with van der Waals surface area (Å²) in [6.07, 6.45) is 35.5. The summed E-state index contributed by atoms with van der Waals surface area (Å²) in [6.45, 7) is 2.26. The molecular weight excluding hydrogens is 406 g/mol. The predicted molar refractivity (Wildman–Crippen MR) is 141 cm³/mol. The van der Waals surface area contributed by atoms with Crippen LogP contribution in [0.2, 0.25) is 0 Å². The van der Waals surface area contributed by atoms with Crippen molar-refractivity contribution in [2.75, 3.05) is 0 Å². The van der Waals surface area contributed by atoms with E-state index in [0.29, 0.717) is 0 Å². The fourth-order valence-electron chi connectivity index (χ4n) is 5.21. The minimum absolute atomic E-state index is 0.220. The number of aliphatic carboxylic acids is 1. The lowest BCUT2D eigenvalue weighted by Gasteiger charge is -2.30. The number of nitrogens with one attached hydrogen (secondary N) is 1. The molecule has 0 heterocycles. The van der Waals surface area contributed by atoms with Crippen molar-refractivity contribution in [2.45, 2.75) is 173 Å². The van der Waals surface area contributed by atoms with Gasteiger partial charge in [0.25, 0.3) is 0 Å². The number of carbonyl (C=O) groups is 1. The molecule has 2 saturated carbocycles. The summed E-state index contributed by atoms with van der Waals surface area (Å²) in [4.78, 5) is 10.2. The maximum absolute atomic E-state index is 10.2. The molecule has 2 aliphatic carbocycles. The molecule has 1 N–H and O–H groups in total. The molecule has 194 valence electrons. The normalized spacial score (nSPS) is 17.7. The smallest absolute Gasteiger partial charge is 0.0414 e. The van der Waals surface area contributed by atoms with Gasteiger partial charge in [-0.3, -0.25) is 0 Å². The van der Waals surface area contributed by atoms with Crippen molar-refractivity contribution in [3.05, 3.63) is 12.2 Å². The van der Waals surface area contributed by atoms with E-state index in [-0.39, 0.29) is 6.42 Å². The van der Waals surface area contributed by atoms with E-state index in [1.807, 2.05) is 0 Å². The molecule has 3 nitrogen and oxygen atoms in total. The molecule has 0 unspecified atom stereocenters. The van der Waals surface area contributed by atoms with Gasteiger partial charge in [-0.15, -0.1) is 0 Å². The van der Waals surface area contributed by atoms with E-state index in [0.717, 1.165) is 31.3 Å². The van der Waals surface area contributed by atoms with Gasteiger partial charge in [0.2, 0.25) is 0 Å². The van der Waals surface area contributed by atoms with Crippen LogP contribution in [0, 0.1) is 0 Å². The lowest BCUT2D eigenvalue weighted by Crippen LogP contribution is -2.40. The average molecular weight is 463 g/mol. The Morgan fingerprint density at radius 3 is 1.55 bits per heavy atom. The van der Waals surface area contributed by atoms with E-state index in [9.17, 15) is 9.90 Å². The Labute approximate surface area is 206 Å².